The van der Waals surface area contributed by atoms with Crippen molar-refractivity contribution >= 4 is 22.9 Å². The lowest BCUT2D eigenvalue weighted by Gasteiger charge is -2.14. The Hall–Kier alpha value is -3.95. The van der Waals surface area contributed by atoms with Gasteiger partial charge in [-0.3, -0.25) is 29.8 Å². The number of fused-ring (bicyclic) bond motifs is 1. The third-order valence-corrected chi connectivity index (χ3v) is 3.57. The summed E-state index contributed by atoms with van der Waals surface area (Å²) < 4.78 is 19.1. The minimum Gasteiger partial charge on any atom is -0.449 e. The summed E-state index contributed by atoms with van der Waals surface area (Å²) in [5, 5.41) is 21.9. The van der Waals surface area contributed by atoms with Gasteiger partial charge in [0.05, 0.1) is 15.4 Å². The molecule has 0 radical (unpaired) electrons. The Bertz CT molecular complexity index is 1030. The number of rotatable bonds is 4. The predicted octanol–water partition coefficient (Wildman–Crippen LogP) is 3.37. The molecule has 0 bridgehead atoms. The lowest BCUT2D eigenvalue weighted by Crippen LogP contribution is -2.12. The van der Waals surface area contributed by atoms with E-state index in [0.29, 0.717) is 12.1 Å². The van der Waals surface area contributed by atoms with Crippen LogP contribution in [-0.4, -0.2) is 21.4 Å². The van der Waals surface area contributed by atoms with Crippen LogP contribution in [0.15, 0.2) is 42.5 Å². The van der Waals surface area contributed by atoms with Crippen molar-refractivity contribution in [2.24, 2.45) is 0 Å². The summed E-state index contributed by atoms with van der Waals surface area (Å²) in [6, 6.07) is 4.93. The van der Waals surface area contributed by atoms with Crippen LogP contribution in [0, 0.1) is 26.0 Å². The van der Waals surface area contributed by atoms with Gasteiger partial charge in [-0.15, -0.1) is 0 Å². The van der Waals surface area contributed by atoms with Gasteiger partial charge < -0.3 is 4.74 Å². The summed E-state index contributed by atoms with van der Waals surface area (Å²) >= 11 is 0. The Labute approximate surface area is 143 Å². The number of nitro benzene ring substituents is 2. The number of benzene rings is 2. The monoisotopic (exact) mass is 358 g/mol. The maximum atomic E-state index is 13.8. The molecule has 0 atom stereocenters. The fourth-order valence-corrected chi connectivity index (χ4v) is 2.42. The highest BCUT2D eigenvalue weighted by molar-refractivity contribution is 6.23. The molecular weight excluding hydrogens is 351 g/mol. The van der Waals surface area contributed by atoms with Crippen molar-refractivity contribution in [1.29, 1.82) is 0 Å². The Morgan fingerprint density at radius 1 is 0.885 bits per heavy atom. The molecule has 1 aliphatic rings. The van der Waals surface area contributed by atoms with Crippen LogP contribution in [0.5, 0.6) is 11.5 Å². The zero-order valence-electron chi connectivity index (χ0n) is 12.7. The fraction of sp³-hybridized carbons (Fsp3) is 0. The highest BCUT2D eigenvalue weighted by Crippen LogP contribution is 2.38. The number of nitrogens with zero attached hydrogens (tertiary/aromatic N) is 2. The van der Waals surface area contributed by atoms with Crippen molar-refractivity contribution in [2.45, 2.75) is 0 Å². The first-order valence-corrected chi connectivity index (χ1v) is 6.99. The van der Waals surface area contributed by atoms with Crippen molar-refractivity contribution in [3.8, 4) is 11.5 Å². The number of hydrogen-bond acceptors (Lipinski definition) is 7. The quantitative estimate of drug-likeness (QED) is 0.605. The van der Waals surface area contributed by atoms with Crippen molar-refractivity contribution < 1.29 is 28.6 Å². The number of carbonyl (C=O) groups is 2. The molecule has 0 N–H and O–H groups in total. The van der Waals surface area contributed by atoms with E-state index in [1.165, 1.54) is 18.2 Å². The number of carbonyl (C=O) groups excluding carboxylic acids is 2. The molecule has 0 aliphatic heterocycles. The highest BCUT2D eigenvalue weighted by atomic mass is 19.1. The minimum absolute atomic E-state index is 0.0278. The van der Waals surface area contributed by atoms with Crippen LogP contribution in [0.1, 0.15) is 20.7 Å². The molecule has 0 saturated heterocycles. The first-order valence-electron chi connectivity index (χ1n) is 6.99. The summed E-state index contributed by atoms with van der Waals surface area (Å²) in [6.07, 6.45) is 2.09. The van der Waals surface area contributed by atoms with E-state index in [4.69, 9.17) is 4.74 Å². The van der Waals surface area contributed by atoms with E-state index >= 15 is 0 Å². The molecule has 0 fully saturated rings. The van der Waals surface area contributed by atoms with Crippen LogP contribution < -0.4 is 4.74 Å². The molecule has 0 unspecified atom stereocenters. The van der Waals surface area contributed by atoms with Crippen molar-refractivity contribution in [2.75, 3.05) is 0 Å². The number of nitro groups is 2. The minimum atomic E-state index is -1.34. The zero-order valence-corrected chi connectivity index (χ0v) is 12.7. The van der Waals surface area contributed by atoms with Gasteiger partial charge in [0.25, 0.3) is 0 Å². The Balaban J connectivity index is 2.14. The van der Waals surface area contributed by atoms with Gasteiger partial charge in [-0.1, -0.05) is 12.1 Å². The molecular formula is C16H7FN2O7. The van der Waals surface area contributed by atoms with Gasteiger partial charge in [0.15, 0.2) is 11.6 Å². The van der Waals surface area contributed by atoms with E-state index in [2.05, 4.69) is 0 Å². The number of halogens is 1. The van der Waals surface area contributed by atoms with Gasteiger partial charge >= 0.3 is 11.4 Å². The molecule has 1 aliphatic carbocycles. The van der Waals surface area contributed by atoms with E-state index in [1.54, 1.807) is 0 Å². The molecule has 0 aromatic heterocycles. The molecule has 0 saturated carbocycles. The topological polar surface area (TPSA) is 130 Å². The van der Waals surface area contributed by atoms with E-state index in [1.807, 2.05) is 0 Å². The van der Waals surface area contributed by atoms with Crippen LogP contribution in [0.4, 0.5) is 15.8 Å². The van der Waals surface area contributed by atoms with Crippen molar-refractivity contribution in [3.05, 3.63) is 79.7 Å². The molecule has 130 valence electrons. The van der Waals surface area contributed by atoms with Crippen LogP contribution >= 0.6 is 0 Å². The van der Waals surface area contributed by atoms with Crippen LogP contribution in [0.25, 0.3) is 0 Å². The van der Waals surface area contributed by atoms with Crippen molar-refractivity contribution in [3.63, 3.8) is 0 Å². The number of hydrogen-bond donors (Lipinski definition) is 0. The van der Waals surface area contributed by atoms with Crippen LogP contribution in [0.3, 0.4) is 0 Å². The maximum absolute atomic E-state index is 13.8. The van der Waals surface area contributed by atoms with E-state index in [-0.39, 0.29) is 16.9 Å². The summed E-state index contributed by atoms with van der Waals surface area (Å²) in [5.74, 6) is -3.22. The van der Waals surface area contributed by atoms with E-state index in [9.17, 15) is 34.2 Å². The van der Waals surface area contributed by atoms with Gasteiger partial charge in [-0.2, -0.15) is 4.39 Å². The first kappa shape index (κ1) is 16.9. The second-order valence-corrected chi connectivity index (χ2v) is 5.13. The van der Waals surface area contributed by atoms with Gasteiger partial charge in [0.1, 0.15) is 11.8 Å². The number of allylic oxidation sites excluding steroid dienone is 2. The SMILES string of the molecule is O=C1C=CC(=O)c2c(Oc3cc(F)c([N+](=O)[O-])cc3[N+](=O)[O-])cccc21. The third kappa shape index (κ3) is 2.79. The van der Waals surface area contributed by atoms with E-state index < -0.39 is 44.4 Å². The van der Waals surface area contributed by atoms with Gasteiger partial charge in [0.2, 0.25) is 11.6 Å². The summed E-state index contributed by atoms with van der Waals surface area (Å²) in [7, 11) is 0. The molecule has 2 aromatic carbocycles. The molecule has 9 nitrogen and oxygen atoms in total. The van der Waals surface area contributed by atoms with Gasteiger partial charge in [-0.05, 0) is 18.2 Å². The Morgan fingerprint density at radius 2 is 1.54 bits per heavy atom. The largest absolute Gasteiger partial charge is 0.449 e. The van der Waals surface area contributed by atoms with Gasteiger partial charge in [0, 0.05) is 11.6 Å². The molecule has 0 amide bonds. The average molecular weight is 358 g/mol. The van der Waals surface area contributed by atoms with Gasteiger partial charge in [-0.25, -0.2) is 0 Å². The fourth-order valence-electron chi connectivity index (χ4n) is 2.42. The lowest BCUT2D eigenvalue weighted by molar-refractivity contribution is -0.396. The molecule has 0 spiro atoms. The smallest absolute Gasteiger partial charge is 0.318 e. The maximum Gasteiger partial charge on any atom is 0.318 e. The summed E-state index contributed by atoms with van der Waals surface area (Å²) in [5.41, 5.74) is -2.05. The predicted molar refractivity (Wildman–Crippen MR) is 84.0 cm³/mol. The second-order valence-electron chi connectivity index (χ2n) is 5.13. The third-order valence-electron chi connectivity index (χ3n) is 3.57. The summed E-state index contributed by atoms with van der Waals surface area (Å²) in [6.45, 7) is 0. The molecule has 10 heteroatoms. The molecule has 3 rings (SSSR count). The van der Waals surface area contributed by atoms with Crippen molar-refractivity contribution in [1.82, 2.24) is 0 Å². The zero-order chi connectivity index (χ0) is 19.0. The number of ether oxygens (including phenoxy) is 1. The Morgan fingerprint density at radius 3 is 2.19 bits per heavy atom. The van der Waals surface area contributed by atoms with Crippen LogP contribution in [0.2, 0.25) is 0 Å². The lowest BCUT2D eigenvalue weighted by atomic mass is 9.94. The molecule has 0 heterocycles. The summed E-state index contributed by atoms with van der Waals surface area (Å²) in [4.78, 5) is 43.7. The normalized spacial score (nSPS) is 12.7. The average Bonchev–Trinajstić information content (AvgIpc) is 2.58. The number of ketones is 2. The molecule has 2 aromatic rings. The standard InChI is InChI=1S/C16H7FN2O7/c17-9-6-15(11(19(24)25)7-10(9)18(22)23)26-14-3-1-2-8-12(20)4-5-13(21)16(8)14/h1-7H. The van der Waals surface area contributed by atoms with Crippen LogP contribution in [-0.2, 0) is 0 Å². The highest BCUT2D eigenvalue weighted by Gasteiger charge is 2.29. The van der Waals surface area contributed by atoms with E-state index in [0.717, 1.165) is 12.2 Å². The Kier molecular flexibility index (Phi) is 4.01. The molecule has 26 heavy (non-hydrogen) atoms. The first-order chi connectivity index (χ1) is 12.3. The second kappa shape index (κ2) is 6.16.